The lowest BCUT2D eigenvalue weighted by atomic mass is 9.99. The number of hydrogen-bond acceptors (Lipinski definition) is 3. The Morgan fingerprint density at radius 2 is 2.06 bits per heavy atom. The molecule has 3 nitrogen and oxygen atoms in total. The minimum absolute atomic E-state index is 0.796. The maximum absolute atomic E-state index is 5.50. The summed E-state index contributed by atoms with van der Waals surface area (Å²) in [6, 6.07) is 1.65. The second-order valence-corrected chi connectivity index (χ2v) is 6.06. The van der Waals surface area contributed by atoms with E-state index in [-0.39, 0.29) is 0 Å². The van der Waals surface area contributed by atoms with Gasteiger partial charge in [0.05, 0.1) is 6.61 Å². The van der Waals surface area contributed by atoms with Gasteiger partial charge in [0, 0.05) is 31.8 Å². The Kier molecular flexibility index (Phi) is 3.99. The molecule has 17 heavy (non-hydrogen) atoms. The minimum Gasteiger partial charge on any atom is -0.381 e. The first-order valence-corrected chi connectivity index (χ1v) is 7.47. The van der Waals surface area contributed by atoms with E-state index in [1.807, 2.05) is 0 Å². The van der Waals surface area contributed by atoms with E-state index < -0.39 is 0 Å². The Balaban J connectivity index is 1.47. The van der Waals surface area contributed by atoms with Crippen LogP contribution in [0.4, 0.5) is 0 Å². The van der Waals surface area contributed by atoms with Crippen LogP contribution in [-0.4, -0.2) is 49.8 Å². The van der Waals surface area contributed by atoms with Crippen LogP contribution >= 0.6 is 0 Å². The molecule has 3 rings (SSSR count). The molecule has 2 atom stereocenters. The van der Waals surface area contributed by atoms with E-state index in [0.29, 0.717) is 0 Å². The Hall–Kier alpha value is -0.120. The summed E-state index contributed by atoms with van der Waals surface area (Å²) < 4.78 is 5.50. The molecule has 0 amide bonds. The minimum atomic E-state index is 0.796. The van der Waals surface area contributed by atoms with Crippen molar-refractivity contribution in [2.45, 2.75) is 50.6 Å². The number of likely N-dealkylation sites (tertiary alicyclic amines) is 1. The van der Waals surface area contributed by atoms with Crippen molar-refractivity contribution in [1.82, 2.24) is 10.2 Å². The van der Waals surface area contributed by atoms with Gasteiger partial charge in [-0.3, -0.25) is 4.90 Å². The quantitative estimate of drug-likeness (QED) is 0.788. The van der Waals surface area contributed by atoms with Crippen molar-refractivity contribution in [3.63, 3.8) is 0 Å². The van der Waals surface area contributed by atoms with E-state index in [0.717, 1.165) is 31.2 Å². The van der Waals surface area contributed by atoms with Crippen LogP contribution in [0.2, 0.25) is 0 Å². The van der Waals surface area contributed by atoms with Crippen molar-refractivity contribution in [1.29, 1.82) is 0 Å². The molecule has 2 heterocycles. The number of nitrogens with zero attached hydrogens (tertiary/aromatic N) is 1. The topological polar surface area (TPSA) is 24.5 Å². The van der Waals surface area contributed by atoms with Gasteiger partial charge < -0.3 is 10.1 Å². The van der Waals surface area contributed by atoms with Gasteiger partial charge in [0.1, 0.15) is 0 Å². The number of ether oxygens (including phenoxy) is 1. The fraction of sp³-hybridized carbons (Fsp3) is 1.00. The Morgan fingerprint density at radius 3 is 2.82 bits per heavy atom. The number of piperidine rings is 1. The molecule has 3 fully saturated rings. The Morgan fingerprint density at radius 1 is 1.12 bits per heavy atom. The largest absolute Gasteiger partial charge is 0.381 e. The summed E-state index contributed by atoms with van der Waals surface area (Å²) in [4.78, 5) is 2.73. The fourth-order valence-corrected chi connectivity index (χ4v) is 3.18. The molecular formula is C14H26N2O. The zero-order valence-electron chi connectivity index (χ0n) is 10.9. The highest BCUT2D eigenvalue weighted by Crippen LogP contribution is 2.23. The first kappa shape index (κ1) is 11.9. The molecule has 0 aromatic heterocycles. The van der Waals surface area contributed by atoms with Crippen LogP contribution in [0.3, 0.4) is 0 Å². The van der Waals surface area contributed by atoms with E-state index in [1.165, 1.54) is 58.2 Å². The van der Waals surface area contributed by atoms with Crippen LogP contribution in [0.25, 0.3) is 0 Å². The molecule has 1 aliphatic carbocycles. The lowest BCUT2D eigenvalue weighted by molar-refractivity contribution is 0.113. The van der Waals surface area contributed by atoms with Crippen molar-refractivity contribution < 1.29 is 4.74 Å². The van der Waals surface area contributed by atoms with Crippen LogP contribution in [0.15, 0.2) is 0 Å². The van der Waals surface area contributed by atoms with Gasteiger partial charge in [-0.25, -0.2) is 0 Å². The first-order chi connectivity index (χ1) is 8.42. The van der Waals surface area contributed by atoms with Gasteiger partial charge in [0.15, 0.2) is 0 Å². The molecule has 0 bridgehead atoms. The van der Waals surface area contributed by atoms with Crippen LogP contribution < -0.4 is 5.32 Å². The molecule has 0 radical (unpaired) electrons. The van der Waals surface area contributed by atoms with Gasteiger partial charge in [-0.05, 0) is 44.6 Å². The SMILES string of the molecule is C1CCN(CC2CCOC2)C(CNC2CC2)C1. The molecule has 0 aromatic rings. The molecular weight excluding hydrogens is 212 g/mol. The van der Waals surface area contributed by atoms with E-state index in [4.69, 9.17) is 4.74 Å². The van der Waals surface area contributed by atoms with E-state index in [1.54, 1.807) is 0 Å². The molecule has 3 heteroatoms. The molecule has 1 saturated carbocycles. The third-order valence-electron chi connectivity index (χ3n) is 4.49. The summed E-state index contributed by atoms with van der Waals surface area (Å²) in [5.74, 6) is 0.802. The predicted molar refractivity (Wildman–Crippen MR) is 69.2 cm³/mol. The van der Waals surface area contributed by atoms with Gasteiger partial charge in [-0.15, -0.1) is 0 Å². The normalized spacial score (nSPS) is 35.3. The fourth-order valence-electron chi connectivity index (χ4n) is 3.18. The van der Waals surface area contributed by atoms with Crippen LogP contribution in [0, 0.1) is 5.92 Å². The monoisotopic (exact) mass is 238 g/mol. The summed E-state index contributed by atoms with van der Waals surface area (Å²) >= 11 is 0. The van der Waals surface area contributed by atoms with Crippen molar-refractivity contribution in [2.24, 2.45) is 5.92 Å². The Labute approximate surface area is 105 Å². The van der Waals surface area contributed by atoms with Crippen LogP contribution in [0.1, 0.15) is 38.5 Å². The third-order valence-corrected chi connectivity index (χ3v) is 4.49. The zero-order valence-corrected chi connectivity index (χ0v) is 10.9. The van der Waals surface area contributed by atoms with Crippen molar-refractivity contribution in [2.75, 3.05) is 32.8 Å². The lowest BCUT2D eigenvalue weighted by Crippen LogP contribution is -2.47. The predicted octanol–water partition coefficient (Wildman–Crippen LogP) is 1.63. The van der Waals surface area contributed by atoms with E-state index in [2.05, 4.69) is 10.2 Å². The summed E-state index contributed by atoms with van der Waals surface area (Å²) in [6.07, 6.45) is 8.31. The first-order valence-electron chi connectivity index (χ1n) is 7.47. The van der Waals surface area contributed by atoms with Crippen LogP contribution in [-0.2, 0) is 4.74 Å². The molecule has 1 N–H and O–H groups in total. The molecule has 98 valence electrons. The number of nitrogens with one attached hydrogen (secondary N) is 1. The van der Waals surface area contributed by atoms with Crippen molar-refractivity contribution in [3.05, 3.63) is 0 Å². The second kappa shape index (κ2) is 5.68. The lowest BCUT2D eigenvalue weighted by Gasteiger charge is -2.37. The highest BCUT2D eigenvalue weighted by Gasteiger charge is 2.28. The zero-order chi connectivity index (χ0) is 11.5. The maximum atomic E-state index is 5.50. The van der Waals surface area contributed by atoms with Crippen LogP contribution in [0.5, 0.6) is 0 Å². The highest BCUT2D eigenvalue weighted by molar-refractivity contribution is 4.86. The van der Waals surface area contributed by atoms with Crippen molar-refractivity contribution in [3.8, 4) is 0 Å². The van der Waals surface area contributed by atoms with Gasteiger partial charge in [-0.2, -0.15) is 0 Å². The van der Waals surface area contributed by atoms with Gasteiger partial charge >= 0.3 is 0 Å². The van der Waals surface area contributed by atoms with Crippen molar-refractivity contribution >= 4 is 0 Å². The number of hydrogen-bond donors (Lipinski definition) is 1. The molecule has 0 aromatic carbocycles. The van der Waals surface area contributed by atoms with Gasteiger partial charge in [-0.1, -0.05) is 6.42 Å². The highest BCUT2D eigenvalue weighted by atomic mass is 16.5. The smallest absolute Gasteiger partial charge is 0.0507 e. The van der Waals surface area contributed by atoms with E-state index >= 15 is 0 Å². The van der Waals surface area contributed by atoms with Gasteiger partial charge in [0.25, 0.3) is 0 Å². The second-order valence-electron chi connectivity index (χ2n) is 6.06. The van der Waals surface area contributed by atoms with Gasteiger partial charge in [0.2, 0.25) is 0 Å². The molecule has 2 saturated heterocycles. The average Bonchev–Trinajstić information content (AvgIpc) is 3.05. The summed E-state index contributed by atoms with van der Waals surface area (Å²) in [5, 5.41) is 3.71. The summed E-state index contributed by atoms with van der Waals surface area (Å²) in [5.41, 5.74) is 0. The Bertz CT molecular complexity index is 236. The molecule has 0 spiro atoms. The maximum Gasteiger partial charge on any atom is 0.0507 e. The number of rotatable bonds is 5. The summed E-state index contributed by atoms with van der Waals surface area (Å²) in [7, 11) is 0. The average molecular weight is 238 g/mol. The molecule has 2 aliphatic heterocycles. The van der Waals surface area contributed by atoms with E-state index in [9.17, 15) is 0 Å². The third kappa shape index (κ3) is 3.43. The molecule has 2 unspecified atom stereocenters. The molecule has 3 aliphatic rings. The summed E-state index contributed by atoms with van der Waals surface area (Å²) in [6.45, 7) is 5.80. The standard InChI is InChI=1S/C14H26N2O/c1-2-7-16(10-12-6-8-17-11-12)14(3-1)9-15-13-4-5-13/h12-15H,1-11H2.